The van der Waals surface area contributed by atoms with Crippen molar-refractivity contribution in [1.29, 1.82) is 0 Å². The van der Waals surface area contributed by atoms with Crippen LogP contribution in [0.25, 0.3) is 0 Å². The third kappa shape index (κ3) is 2.78. The Morgan fingerprint density at radius 1 is 1.28 bits per heavy atom. The van der Waals surface area contributed by atoms with E-state index >= 15 is 0 Å². The van der Waals surface area contributed by atoms with Crippen molar-refractivity contribution in [3.8, 4) is 0 Å². The number of halogens is 1. The van der Waals surface area contributed by atoms with Gasteiger partial charge in [0, 0.05) is 17.1 Å². The number of sulfonamides is 1. The van der Waals surface area contributed by atoms with Crippen LogP contribution >= 0.6 is 15.9 Å². The standard InChI is InChI=1S/C13H18BrNO2S/c1-2-12-5-3-4-10-15(12)18(16,17)13-8-6-11(14)7-9-13/h6-9,12H,2-5,10H2,1H3. The smallest absolute Gasteiger partial charge is 0.207 e. The molecule has 5 heteroatoms. The molecule has 0 aliphatic carbocycles. The highest BCUT2D eigenvalue weighted by molar-refractivity contribution is 9.10. The van der Waals surface area contributed by atoms with Gasteiger partial charge in [0.2, 0.25) is 10.0 Å². The average molecular weight is 332 g/mol. The van der Waals surface area contributed by atoms with Crippen LogP contribution in [0, 0.1) is 0 Å². The molecule has 1 aromatic rings. The number of benzene rings is 1. The van der Waals surface area contributed by atoms with Crippen LogP contribution in [0.15, 0.2) is 33.6 Å². The van der Waals surface area contributed by atoms with Crippen LogP contribution in [0.1, 0.15) is 32.6 Å². The topological polar surface area (TPSA) is 37.4 Å². The zero-order chi connectivity index (χ0) is 13.2. The normalized spacial score (nSPS) is 22.0. The highest BCUT2D eigenvalue weighted by Gasteiger charge is 2.32. The van der Waals surface area contributed by atoms with Gasteiger partial charge in [-0.3, -0.25) is 0 Å². The molecule has 1 fully saturated rings. The van der Waals surface area contributed by atoms with Crippen LogP contribution < -0.4 is 0 Å². The summed E-state index contributed by atoms with van der Waals surface area (Å²) in [6, 6.07) is 7.05. The van der Waals surface area contributed by atoms with Crippen molar-refractivity contribution in [2.24, 2.45) is 0 Å². The molecule has 1 aliphatic rings. The van der Waals surface area contributed by atoms with Crippen molar-refractivity contribution >= 4 is 26.0 Å². The lowest BCUT2D eigenvalue weighted by molar-refractivity contribution is 0.246. The molecule has 2 rings (SSSR count). The van der Waals surface area contributed by atoms with Gasteiger partial charge in [0.1, 0.15) is 0 Å². The predicted octanol–water partition coefficient (Wildman–Crippen LogP) is 3.40. The number of piperidine rings is 1. The van der Waals surface area contributed by atoms with Crippen molar-refractivity contribution in [2.45, 2.75) is 43.5 Å². The van der Waals surface area contributed by atoms with Gasteiger partial charge in [-0.15, -0.1) is 0 Å². The lowest BCUT2D eigenvalue weighted by Gasteiger charge is -2.34. The van der Waals surface area contributed by atoms with Gasteiger partial charge in [0.25, 0.3) is 0 Å². The second-order valence-electron chi connectivity index (χ2n) is 4.63. The predicted molar refractivity (Wildman–Crippen MR) is 76.0 cm³/mol. The second-order valence-corrected chi connectivity index (χ2v) is 7.43. The summed E-state index contributed by atoms with van der Waals surface area (Å²) in [4.78, 5) is 0.394. The van der Waals surface area contributed by atoms with Gasteiger partial charge in [0.05, 0.1) is 4.90 Å². The molecule has 1 unspecified atom stereocenters. The van der Waals surface area contributed by atoms with Gasteiger partial charge >= 0.3 is 0 Å². The van der Waals surface area contributed by atoms with E-state index < -0.39 is 10.0 Å². The van der Waals surface area contributed by atoms with E-state index in [4.69, 9.17) is 0 Å². The number of hydrogen-bond donors (Lipinski definition) is 0. The Morgan fingerprint density at radius 2 is 1.94 bits per heavy atom. The molecule has 1 atom stereocenters. The molecule has 0 radical (unpaired) electrons. The van der Waals surface area contributed by atoms with E-state index in [1.165, 1.54) is 0 Å². The first-order valence-electron chi connectivity index (χ1n) is 6.33. The lowest BCUT2D eigenvalue weighted by Crippen LogP contribution is -2.43. The third-order valence-corrected chi connectivity index (χ3v) is 5.96. The minimum Gasteiger partial charge on any atom is -0.207 e. The quantitative estimate of drug-likeness (QED) is 0.851. The first-order valence-corrected chi connectivity index (χ1v) is 8.56. The van der Waals surface area contributed by atoms with Crippen molar-refractivity contribution in [3.05, 3.63) is 28.7 Å². The summed E-state index contributed by atoms with van der Waals surface area (Å²) in [5, 5.41) is 0. The van der Waals surface area contributed by atoms with E-state index in [9.17, 15) is 8.42 Å². The Hall–Kier alpha value is -0.390. The van der Waals surface area contributed by atoms with Crippen LogP contribution in [0.2, 0.25) is 0 Å². The van der Waals surface area contributed by atoms with E-state index in [0.29, 0.717) is 11.4 Å². The fourth-order valence-electron chi connectivity index (χ4n) is 2.44. The van der Waals surface area contributed by atoms with Crippen LogP contribution in [0.5, 0.6) is 0 Å². The minimum absolute atomic E-state index is 0.160. The Morgan fingerprint density at radius 3 is 2.56 bits per heavy atom. The van der Waals surface area contributed by atoms with Gasteiger partial charge in [0.15, 0.2) is 0 Å². The van der Waals surface area contributed by atoms with E-state index in [1.54, 1.807) is 28.6 Å². The molecule has 1 heterocycles. The summed E-state index contributed by atoms with van der Waals surface area (Å²) in [6.07, 6.45) is 3.96. The zero-order valence-corrected chi connectivity index (χ0v) is 12.9. The van der Waals surface area contributed by atoms with Crippen LogP contribution in [0.3, 0.4) is 0 Å². The van der Waals surface area contributed by atoms with E-state index in [2.05, 4.69) is 22.9 Å². The average Bonchev–Trinajstić information content (AvgIpc) is 2.39. The van der Waals surface area contributed by atoms with Crippen molar-refractivity contribution in [1.82, 2.24) is 4.31 Å². The summed E-state index contributed by atoms with van der Waals surface area (Å²) >= 11 is 3.33. The SMILES string of the molecule is CCC1CCCCN1S(=O)(=O)c1ccc(Br)cc1. The maximum atomic E-state index is 12.6. The van der Waals surface area contributed by atoms with Crippen molar-refractivity contribution in [3.63, 3.8) is 0 Å². The Labute approximate surface area is 117 Å². The largest absolute Gasteiger partial charge is 0.243 e. The molecular formula is C13H18BrNO2S. The first kappa shape index (κ1) is 14.0. The number of rotatable bonds is 3. The zero-order valence-electron chi connectivity index (χ0n) is 10.5. The van der Waals surface area contributed by atoms with Crippen LogP contribution in [-0.2, 0) is 10.0 Å². The fraction of sp³-hybridized carbons (Fsp3) is 0.538. The minimum atomic E-state index is -3.33. The Balaban J connectivity index is 2.32. The third-order valence-electron chi connectivity index (χ3n) is 3.46. The summed E-state index contributed by atoms with van der Waals surface area (Å²) < 4.78 is 27.7. The molecule has 0 N–H and O–H groups in total. The summed E-state index contributed by atoms with van der Waals surface area (Å²) in [6.45, 7) is 2.71. The number of nitrogens with zero attached hydrogens (tertiary/aromatic N) is 1. The van der Waals surface area contributed by atoms with E-state index in [0.717, 1.165) is 30.2 Å². The molecule has 100 valence electrons. The van der Waals surface area contributed by atoms with Gasteiger partial charge in [-0.2, -0.15) is 4.31 Å². The fourth-order valence-corrected chi connectivity index (χ4v) is 4.47. The van der Waals surface area contributed by atoms with Crippen LogP contribution in [0.4, 0.5) is 0 Å². The molecule has 0 saturated carbocycles. The maximum absolute atomic E-state index is 12.6. The summed E-state index contributed by atoms with van der Waals surface area (Å²) in [7, 11) is -3.33. The highest BCUT2D eigenvalue weighted by Crippen LogP contribution is 2.27. The second kappa shape index (κ2) is 5.72. The summed E-state index contributed by atoms with van der Waals surface area (Å²) in [5.41, 5.74) is 0. The van der Waals surface area contributed by atoms with E-state index in [1.807, 2.05) is 0 Å². The lowest BCUT2D eigenvalue weighted by atomic mass is 10.0. The van der Waals surface area contributed by atoms with E-state index in [-0.39, 0.29) is 6.04 Å². The molecule has 0 bridgehead atoms. The van der Waals surface area contributed by atoms with Crippen molar-refractivity contribution < 1.29 is 8.42 Å². The molecule has 1 aliphatic heterocycles. The molecular weight excluding hydrogens is 314 g/mol. The molecule has 18 heavy (non-hydrogen) atoms. The molecule has 0 aromatic heterocycles. The monoisotopic (exact) mass is 331 g/mol. The van der Waals surface area contributed by atoms with Crippen molar-refractivity contribution in [2.75, 3.05) is 6.54 Å². The summed E-state index contributed by atoms with van der Waals surface area (Å²) in [5.74, 6) is 0. The highest BCUT2D eigenvalue weighted by atomic mass is 79.9. The first-order chi connectivity index (χ1) is 8.55. The Kier molecular flexibility index (Phi) is 4.45. The van der Waals surface area contributed by atoms with Gasteiger partial charge in [-0.05, 0) is 43.5 Å². The number of hydrogen-bond acceptors (Lipinski definition) is 2. The molecule has 0 amide bonds. The molecule has 0 spiro atoms. The van der Waals surface area contributed by atoms with Gasteiger partial charge in [-0.1, -0.05) is 29.3 Å². The van der Waals surface area contributed by atoms with Crippen LogP contribution in [-0.4, -0.2) is 25.3 Å². The molecule has 1 saturated heterocycles. The molecule has 1 aromatic carbocycles. The molecule has 3 nitrogen and oxygen atoms in total. The van der Waals surface area contributed by atoms with Gasteiger partial charge < -0.3 is 0 Å². The van der Waals surface area contributed by atoms with Gasteiger partial charge in [-0.25, -0.2) is 8.42 Å². The maximum Gasteiger partial charge on any atom is 0.243 e. The Bertz CT molecular complexity index is 498.